The quantitative estimate of drug-likeness (QED) is 0.0698. The lowest BCUT2D eigenvalue weighted by atomic mass is 10.1. The average Bonchev–Trinajstić information content (AvgIpc) is 2.96. The van der Waals surface area contributed by atoms with Gasteiger partial charge < -0.3 is 29.7 Å². The first-order valence-electron chi connectivity index (χ1n) is 13.2. The number of hydrogen-bond acceptors (Lipinski definition) is 11. The number of azo groups is 2. The third-order valence-electron chi connectivity index (χ3n) is 5.99. The minimum absolute atomic E-state index is 0.0375. The fourth-order valence-electron chi connectivity index (χ4n) is 4.10. The van der Waals surface area contributed by atoms with E-state index in [1.807, 2.05) is 0 Å². The number of ether oxygens (including phenoxy) is 2. The molecule has 4 aromatic rings. The molecule has 0 fully saturated rings. The Labute approximate surface area is 257 Å². The molecule has 15 nitrogen and oxygen atoms in total. The minimum Gasteiger partial charge on any atom is -0.505 e. The molecule has 0 atom stereocenters. The van der Waals surface area contributed by atoms with Crippen LogP contribution in [0.3, 0.4) is 0 Å². The third-order valence-corrected chi connectivity index (χ3v) is 7.81. The van der Waals surface area contributed by atoms with Gasteiger partial charge in [0.25, 0.3) is 10.1 Å². The van der Waals surface area contributed by atoms with Crippen LogP contribution >= 0.6 is 7.60 Å². The van der Waals surface area contributed by atoms with Crippen LogP contribution in [0, 0.1) is 0 Å². The van der Waals surface area contributed by atoms with Crippen molar-refractivity contribution in [1.82, 2.24) is 0 Å². The van der Waals surface area contributed by atoms with Crippen molar-refractivity contribution in [3.8, 4) is 17.2 Å². The number of benzene rings is 4. The number of phenols is 1. The fraction of sp³-hybridized carbons (Fsp3) is 0.179. The summed E-state index contributed by atoms with van der Waals surface area (Å²) in [5, 5.41) is 30.0. The van der Waals surface area contributed by atoms with Crippen molar-refractivity contribution >= 4 is 68.1 Å². The highest BCUT2D eigenvalue weighted by atomic mass is 32.2. The Balaban J connectivity index is 1.83. The van der Waals surface area contributed by atoms with Crippen molar-refractivity contribution in [3.05, 3.63) is 60.7 Å². The molecule has 0 heterocycles. The van der Waals surface area contributed by atoms with Crippen LogP contribution in [-0.2, 0) is 19.5 Å². The van der Waals surface area contributed by atoms with E-state index in [-0.39, 0.29) is 63.8 Å². The second-order valence-corrected chi connectivity index (χ2v) is 12.3. The monoisotopic (exact) mass is 657 g/mol. The smallest absolute Gasteiger partial charge is 0.356 e. The van der Waals surface area contributed by atoms with E-state index < -0.39 is 34.0 Å². The fourth-order valence-corrected chi connectivity index (χ4v) is 5.34. The van der Waals surface area contributed by atoms with Gasteiger partial charge in [-0.1, -0.05) is 12.1 Å². The van der Waals surface area contributed by atoms with Crippen LogP contribution in [0.2, 0.25) is 0 Å². The maximum absolute atomic E-state index is 12.3. The van der Waals surface area contributed by atoms with Gasteiger partial charge in [-0.05, 0) is 55.6 Å². The predicted molar refractivity (Wildman–Crippen MR) is 165 cm³/mol. The molecule has 4 rings (SSSR count). The van der Waals surface area contributed by atoms with Crippen molar-refractivity contribution in [2.45, 2.75) is 25.7 Å². The molecule has 45 heavy (non-hydrogen) atoms. The molecule has 4 aromatic carbocycles. The lowest BCUT2D eigenvalue weighted by molar-refractivity contribution is -0.114. The zero-order valence-corrected chi connectivity index (χ0v) is 25.8. The van der Waals surface area contributed by atoms with Gasteiger partial charge in [0.2, 0.25) is 5.91 Å². The Morgan fingerprint density at radius 3 is 2.07 bits per heavy atom. The highest BCUT2D eigenvalue weighted by molar-refractivity contribution is 7.86. The van der Waals surface area contributed by atoms with E-state index in [2.05, 4.69) is 25.8 Å². The molecular weight excluding hydrogens is 629 g/mol. The van der Waals surface area contributed by atoms with Crippen LogP contribution in [0.4, 0.5) is 28.4 Å². The molecule has 0 aliphatic carbocycles. The molecule has 1 amide bonds. The van der Waals surface area contributed by atoms with Crippen LogP contribution in [0.1, 0.15) is 20.8 Å². The van der Waals surface area contributed by atoms with Gasteiger partial charge in [-0.2, -0.15) is 13.5 Å². The van der Waals surface area contributed by atoms with E-state index in [0.717, 1.165) is 6.07 Å². The topological polar surface area (TPSA) is 229 Å². The number of anilines is 1. The number of fused-ring (bicyclic) bond motifs is 1. The molecule has 0 aliphatic heterocycles. The largest absolute Gasteiger partial charge is 0.505 e. The summed E-state index contributed by atoms with van der Waals surface area (Å²) in [6.07, 6.45) is 0. The second kappa shape index (κ2) is 13.5. The number of nitrogens with zero attached hydrogens (tertiary/aromatic N) is 4. The summed E-state index contributed by atoms with van der Waals surface area (Å²) in [5.74, 6) is -0.719. The first-order valence-corrected chi connectivity index (χ1v) is 16.2. The van der Waals surface area contributed by atoms with Crippen molar-refractivity contribution in [2.75, 3.05) is 18.5 Å². The molecule has 0 unspecified atom stereocenters. The average molecular weight is 658 g/mol. The van der Waals surface area contributed by atoms with Gasteiger partial charge in [0.15, 0.2) is 5.75 Å². The van der Waals surface area contributed by atoms with Crippen LogP contribution < -0.4 is 20.1 Å². The summed E-state index contributed by atoms with van der Waals surface area (Å²) in [5.41, 5.74) is 0.116. The maximum atomic E-state index is 12.3. The van der Waals surface area contributed by atoms with Crippen molar-refractivity contribution < 1.29 is 46.7 Å². The van der Waals surface area contributed by atoms with Crippen molar-refractivity contribution in [2.24, 2.45) is 20.5 Å². The number of hydrogen-bond donors (Lipinski definition) is 5. The summed E-state index contributed by atoms with van der Waals surface area (Å²) in [6.45, 7) is 5.07. The summed E-state index contributed by atoms with van der Waals surface area (Å²) < 4.78 is 57.4. The molecule has 0 spiro atoms. The Morgan fingerprint density at radius 2 is 1.51 bits per heavy atom. The maximum Gasteiger partial charge on any atom is 0.356 e. The number of phenolic OH excluding ortho intramolecular Hbond substituents is 1. The summed E-state index contributed by atoms with van der Waals surface area (Å²) in [6, 6.07) is 13.6. The SMILES string of the molecule is CCOc1cc(/N=N/c2c(S(=O)(=O)O)cc3ccc(NC(C)=O)cc3c2O)c(OCC)cc1/N=N/c1cccc(P(=O)(O)O)c1. The molecule has 17 heteroatoms. The Hall–Kier alpha value is -4.73. The van der Waals surface area contributed by atoms with Crippen LogP contribution in [-0.4, -0.2) is 47.0 Å². The molecule has 0 bridgehead atoms. The van der Waals surface area contributed by atoms with Gasteiger partial charge in [0, 0.05) is 30.1 Å². The lowest BCUT2D eigenvalue weighted by Crippen LogP contribution is -2.05. The first kappa shape index (κ1) is 33.2. The number of nitrogens with one attached hydrogen (secondary N) is 1. The number of amides is 1. The van der Waals surface area contributed by atoms with Gasteiger partial charge in [0.1, 0.15) is 33.5 Å². The highest BCUT2D eigenvalue weighted by Gasteiger charge is 2.23. The molecule has 0 saturated carbocycles. The Kier molecular flexibility index (Phi) is 9.95. The van der Waals surface area contributed by atoms with Gasteiger partial charge >= 0.3 is 7.60 Å². The molecule has 0 aromatic heterocycles. The molecule has 0 aliphatic rings. The standard InChI is InChI=1S/C28H28N5O10PS/c1-4-42-24-15-23(25(43-5-2)14-22(24)31-30-19-7-6-8-20(12-19)44(36,37)38)32-33-27-26(45(39,40)41)11-17-9-10-18(29-16(3)34)13-21(17)28(27)35/h6-15,35H,4-5H2,1-3H3,(H,29,34)(H2,36,37,38)(H,39,40,41)/b31-30+,33-32+. The zero-order chi connectivity index (χ0) is 32.9. The van der Waals surface area contributed by atoms with Gasteiger partial charge in [-0.3, -0.25) is 13.9 Å². The van der Waals surface area contributed by atoms with E-state index in [9.17, 15) is 37.2 Å². The molecule has 236 valence electrons. The minimum atomic E-state index is -4.89. The van der Waals surface area contributed by atoms with E-state index in [0.29, 0.717) is 5.69 Å². The number of rotatable bonds is 11. The van der Waals surface area contributed by atoms with E-state index >= 15 is 0 Å². The zero-order valence-electron chi connectivity index (χ0n) is 24.1. The molecular formula is C28H28N5O10PS. The number of aromatic hydroxyl groups is 1. The lowest BCUT2D eigenvalue weighted by Gasteiger charge is -2.13. The van der Waals surface area contributed by atoms with Crippen LogP contribution in [0.25, 0.3) is 10.8 Å². The predicted octanol–water partition coefficient (Wildman–Crippen LogP) is 6.18. The van der Waals surface area contributed by atoms with Crippen molar-refractivity contribution in [3.63, 3.8) is 0 Å². The van der Waals surface area contributed by atoms with Gasteiger partial charge in [-0.15, -0.1) is 15.3 Å². The van der Waals surface area contributed by atoms with Crippen molar-refractivity contribution in [1.29, 1.82) is 0 Å². The Bertz CT molecular complexity index is 1990. The number of carbonyl (C=O) groups excluding carboxylic acids is 1. The summed E-state index contributed by atoms with van der Waals surface area (Å²) in [4.78, 5) is 29.7. The summed E-state index contributed by atoms with van der Waals surface area (Å²) in [7, 11) is -9.40. The highest BCUT2D eigenvalue weighted by Crippen LogP contribution is 2.45. The normalized spacial score (nSPS) is 12.2. The van der Waals surface area contributed by atoms with E-state index in [1.165, 1.54) is 61.5 Å². The van der Waals surface area contributed by atoms with Gasteiger partial charge in [0.05, 0.1) is 24.2 Å². The molecule has 0 radical (unpaired) electrons. The summed E-state index contributed by atoms with van der Waals surface area (Å²) >= 11 is 0. The van der Waals surface area contributed by atoms with Crippen LogP contribution in [0.5, 0.6) is 17.2 Å². The third kappa shape index (κ3) is 8.06. The molecule has 0 saturated heterocycles. The first-order chi connectivity index (χ1) is 21.2. The molecule has 5 N–H and O–H groups in total. The second-order valence-electron chi connectivity index (χ2n) is 9.28. The Morgan fingerprint density at radius 1 is 0.889 bits per heavy atom. The van der Waals surface area contributed by atoms with Gasteiger partial charge in [-0.25, -0.2) is 0 Å². The van der Waals surface area contributed by atoms with E-state index in [1.54, 1.807) is 13.8 Å². The van der Waals surface area contributed by atoms with E-state index in [4.69, 9.17) is 9.47 Å². The number of carbonyl (C=O) groups is 1. The van der Waals surface area contributed by atoms with Crippen LogP contribution in [0.15, 0.2) is 86.0 Å².